The molecule has 3 unspecified atom stereocenters. The molecule has 5 bridgehead atoms. The zero-order chi connectivity index (χ0) is 36.8. The number of Topliss-reactive ketones (excluding diaryl/α,β-unsaturated/α-hetero) is 3. The lowest BCUT2D eigenvalue weighted by molar-refractivity contribution is -0.155. The highest BCUT2D eigenvalue weighted by Crippen LogP contribution is 2.54. The normalized spacial score (nSPS) is 37.3. The number of hydrogen-bond donors (Lipinski definition) is 5. The second-order valence-electron chi connectivity index (χ2n) is 13.9. The second-order valence-corrected chi connectivity index (χ2v) is 14.3. The number of aliphatic hydroxyl groups is 3. The van der Waals surface area contributed by atoms with Gasteiger partial charge in [0.15, 0.2) is 17.7 Å². The maximum atomic E-state index is 14.2. The highest BCUT2D eigenvalue weighted by atomic mass is 35.5. The van der Waals surface area contributed by atoms with Crippen molar-refractivity contribution in [2.45, 2.75) is 84.4 Å². The summed E-state index contributed by atoms with van der Waals surface area (Å²) in [5.41, 5.74) is -0.983. The summed E-state index contributed by atoms with van der Waals surface area (Å²) < 4.78 is 6.50. The van der Waals surface area contributed by atoms with Crippen LogP contribution in [0.4, 0.5) is 0 Å². The number of halogens is 1. The molecule has 266 valence electrons. The van der Waals surface area contributed by atoms with Gasteiger partial charge in [-0.15, -0.1) is 0 Å². The summed E-state index contributed by atoms with van der Waals surface area (Å²) in [7, 11) is 0. The number of carbonyl (C=O) groups excluding carboxylic acids is 4. The average molecular weight is 706 g/mol. The molecule has 0 aromatic heterocycles. The van der Waals surface area contributed by atoms with Crippen molar-refractivity contribution < 1.29 is 44.3 Å². The molecule has 0 saturated carbocycles. The van der Waals surface area contributed by atoms with Crippen molar-refractivity contribution in [2.24, 2.45) is 23.7 Å². The number of allylic oxidation sites excluding steroid dienone is 3. The van der Waals surface area contributed by atoms with Crippen LogP contribution in [-0.2, 0) is 19.9 Å². The van der Waals surface area contributed by atoms with E-state index >= 15 is 0 Å². The van der Waals surface area contributed by atoms with Crippen molar-refractivity contribution in [2.75, 3.05) is 0 Å². The molecule has 1 amide bonds. The van der Waals surface area contributed by atoms with Gasteiger partial charge in [-0.1, -0.05) is 74.9 Å². The fraction of sp³-hybridized carbons (Fsp3) is 0.436. The number of fused-ring (bicyclic) bond motifs is 1. The predicted molar refractivity (Wildman–Crippen MR) is 187 cm³/mol. The van der Waals surface area contributed by atoms with Gasteiger partial charge in [-0.05, 0) is 56.0 Å². The van der Waals surface area contributed by atoms with Crippen LogP contribution < -0.4 is 5.32 Å². The van der Waals surface area contributed by atoms with Crippen LogP contribution in [0.1, 0.15) is 79.3 Å². The molecule has 1 spiro atoms. The van der Waals surface area contributed by atoms with Gasteiger partial charge in [0.1, 0.15) is 16.4 Å². The number of aryl methyl sites for hydroxylation is 1. The molecule has 1 saturated heterocycles. The monoisotopic (exact) mass is 705 g/mol. The van der Waals surface area contributed by atoms with Crippen LogP contribution in [-0.4, -0.2) is 68.1 Å². The fourth-order valence-electron chi connectivity index (χ4n) is 7.02. The largest absolute Gasteiger partial charge is 0.507 e. The number of ether oxygens (including phenoxy) is 1. The molecule has 1 aromatic carbocycles. The molecule has 0 radical (unpaired) electrons. The zero-order valence-corrected chi connectivity index (χ0v) is 29.7. The average Bonchev–Trinajstić information content (AvgIpc) is 3.08. The molecule has 5 N–H and O–H groups in total. The Kier molecular flexibility index (Phi) is 10.7. The number of morpholine rings is 1. The predicted octanol–water partition coefficient (Wildman–Crippen LogP) is 4.79. The number of phenols is 1. The molecule has 2 aliphatic heterocycles. The summed E-state index contributed by atoms with van der Waals surface area (Å²) >= 11 is 6.75. The Morgan fingerprint density at radius 2 is 1.50 bits per heavy atom. The van der Waals surface area contributed by atoms with Crippen LogP contribution in [0.15, 0.2) is 76.6 Å². The van der Waals surface area contributed by atoms with Crippen molar-refractivity contribution in [3.05, 3.63) is 98.8 Å². The SMILES string of the molecule is C/C1=C\C[C@@H](O)/C=C\[C@@H](C)[C@@H](O)[C@H](C)/C=C(\C)C(=O)c2c(O)c(C)cc3c2C(=O)C(Cl)=C2NC(=O)C4C=C[C@@H](/C=C/C(C)[C@@H](O)CC1=O)C23O4. The maximum absolute atomic E-state index is 14.2. The Balaban J connectivity index is 1.72. The number of nitrogens with one attached hydrogen (secondary N) is 1. The molecule has 10 nitrogen and oxygen atoms in total. The first-order chi connectivity index (χ1) is 23.5. The molecule has 2 aliphatic carbocycles. The van der Waals surface area contributed by atoms with E-state index in [0.29, 0.717) is 5.57 Å². The number of aliphatic hydroxyl groups excluding tert-OH is 3. The van der Waals surface area contributed by atoms with E-state index in [9.17, 15) is 39.6 Å². The zero-order valence-electron chi connectivity index (χ0n) is 28.9. The van der Waals surface area contributed by atoms with Gasteiger partial charge in [0.05, 0.1) is 29.6 Å². The third kappa shape index (κ3) is 6.63. The van der Waals surface area contributed by atoms with E-state index in [4.69, 9.17) is 16.3 Å². The van der Waals surface area contributed by atoms with Crippen LogP contribution in [0.3, 0.4) is 0 Å². The van der Waals surface area contributed by atoms with E-state index in [2.05, 4.69) is 5.32 Å². The third-order valence-electron chi connectivity index (χ3n) is 10.2. The lowest BCUT2D eigenvalue weighted by atomic mass is 9.68. The number of benzene rings is 1. The van der Waals surface area contributed by atoms with E-state index in [1.807, 2.05) is 0 Å². The molecule has 5 rings (SSSR count). The Bertz CT molecular complexity index is 1820. The minimum absolute atomic E-state index is 0.00306. The van der Waals surface area contributed by atoms with E-state index in [1.54, 1.807) is 83.2 Å². The van der Waals surface area contributed by atoms with Crippen molar-refractivity contribution in [1.29, 1.82) is 0 Å². The first-order valence-corrected chi connectivity index (χ1v) is 17.2. The maximum Gasteiger partial charge on any atom is 0.257 e. The summed E-state index contributed by atoms with van der Waals surface area (Å²) in [4.78, 5) is 54.3. The lowest BCUT2D eigenvalue weighted by Crippen LogP contribution is -2.59. The molecule has 50 heavy (non-hydrogen) atoms. The number of hydrogen-bond acceptors (Lipinski definition) is 9. The van der Waals surface area contributed by atoms with Crippen LogP contribution in [0, 0.1) is 30.6 Å². The number of aromatic hydroxyl groups is 1. The van der Waals surface area contributed by atoms with Crippen molar-refractivity contribution in [3.8, 4) is 5.75 Å². The number of rotatable bonds is 0. The molecule has 2 heterocycles. The molecule has 1 fully saturated rings. The molecular weight excluding hydrogens is 662 g/mol. The minimum Gasteiger partial charge on any atom is -0.507 e. The Labute approximate surface area is 296 Å². The molecule has 1 aromatic rings. The molecule has 11 heteroatoms. The molecular formula is C39H44ClNO9. The van der Waals surface area contributed by atoms with E-state index in [0.717, 1.165) is 0 Å². The number of carbonyl (C=O) groups is 4. The Hall–Kier alpha value is -3.93. The summed E-state index contributed by atoms with van der Waals surface area (Å²) in [5.74, 6) is -4.93. The van der Waals surface area contributed by atoms with E-state index in [1.165, 1.54) is 13.0 Å². The summed E-state index contributed by atoms with van der Waals surface area (Å²) in [6.45, 7) is 9.97. The number of phenolic OH excluding ortho intramolecular Hbond substituents is 1. The van der Waals surface area contributed by atoms with Gasteiger partial charge >= 0.3 is 0 Å². The first-order valence-electron chi connectivity index (χ1n) is 16.8. The van der Waals surface area contributed by atoms with Crippen LogP contribution in [0.25, 0.3) is 0 Å². The van der Waals surface area contributed by atoms with Crippen molar-refractivity contribution >= 4 is 34.9 Å². The third-order valence-corrected chi connectivity index (χ3v) is 10.6. The van der Waals surface area contributed by atoms with Crippen molar-refractivity contribution in [3.63, 3.8) is 0 Å². The van der Waals surface area contributed by atoms with Gasteiger partial charge in [-0.25, -0.2) is 0 Å². The Morgan fingerprint density at radius 3 is 2.20 bits per heavy atom. The standard InChI is InChI=1S/C39H44ClNO9/c1-18-7-10-24-11-14-29-38(49)41-37-32(40)36(48)30-26(39(24,37)50-29)16-23(6)35(47)31(30)34(46)22(5)15-21(4)33(45)20(3)9-13-25(42)12-8-19(2)28(44)17-27(18)43/h7-11,13-16,18,20-21,24-25,27,29,33,42-43,45,47H,12,17H2,1-6H3,(H,41,49)/b10-7+,13-9-,19-8+,22-15+/t18?,20-,21-,24-,25-,27+,29?,33-,39?/m1/s1. The molecule has 4 aliphatic rings. The summed E-state index contributed by atoms with van der Waals surface area (Å²) in [6, 6.07) is 1.55. The van der Waals surface area contributed by atoms with Gasteiger partial charge in [0.2, 0.25) is 5.78 Å². The van der Waals surface area contributed by atoms with Crippen LogP contribution >= 0.6 is 11.6 Å². The topological polar surface area (TPSA) is 170 Å². The fourth-order valence-corrected chi connectivity index (χ4v) is 7.30. The van der Waals surface area contributed by atoms with Gasteiger partial charge in [-0.3, -0.25) is 19.2 Å². The van der Waals surface area contributed by atoms with Crippen LogP contribution in [0.5, 0.6) is 5.75 Å². The van der Waals surface area contributed by atoms with Crippen molar-refractivity contribution in [1.82, 2.24) is 5.32 Å². The second kappa shape index (κ2) is 14.4. The van der Waals surface area contributed by atoms with E-state index in [-0.39, 0.29) is 57.2 Å². The van der Waals surface area contributed by atoms with Gasteiger partial charge in [0.25, 0.3) is 5.91 Å². The molecule has 9 atom stereocenters. The summed E-state index contributed by atoms with van der Waals surface area (Å²) in [5, 5.41) is 46.4. The highest BCUT2D eigenvalue weighted by Gasteiger charge is 2.58. The number of amides is 1. The highest BCUT2D eigenvalue weighted by molar-refractivity contribution is 6.47. The van der Waals surface area contributed by atoms with Gasteiger partial charge in [-0.2, -0.15) is 0 Å². The number of ketones is 3. The smallest absolute Gasteiger partial charge is 0.257 e. The Morgan fingerprint density at radius 1 is 0.840 bits per heavy atom. The summed E-state index contributed by atoms with van der Waals surface area (Å²) in [6.07, 6.45) is 9.11. The van der Waals surface area contributed by atoms with E-state index < -0.39 is 76.9 Å². The quantitative estimate of drug-likeness (QED) is 0.238. The van der Waals surface area contributed by atoms with Gasteiger partial charge in [0, 0.05) is 41.2 Å². The lowest BCUT2D eigenvalue weighted by Gasteiger charge is -2.50. The minimum atomic E-state index is -1.60. The van der Waals surface area contributed by atoms with Gasteiger partial charge < -0.3 is 30.5 Å². The first kappa shape index (κ1) is 37.3. The van der Waals surface area contributed by atoms with Crippen LogP contribution in [0.2, 0.25) is 0 Å².